The highest BCUT2D eigenvalue weighted by molar-refractivity contribution is 5.92. The molecule has 1 atom stereocenters. The van der Waals surface area contributed by atoms with E-state index in [4.69, 9.17) is 11.5 Å². The van der Waals surface area contributed by atoms with Crippen molar-refractivity contribution >= 4 is 5.91 Å². The van der Waals surface area contributed by atoms with Crippen LogP contribution in [0.3, 0.4) is 0 Å². The van der Waals surface area contributed by atoms with Crippen molar-refractivity contribution in [3.05, 3.63) is 35.4 Å². The number of nitrogens with zero attached hydrogens (tertiary/aromatic N) is 1. The average Bonchev–Trinajstić information content (AvgIpc) is 2.72. The van der Waals surface area contributed by atoms with Crippen molar-refractivity contribution in [1.29, 1.82) is 0 Å². The Bertz CT molecular complexity index is 446. The van der Waals surface area contributed by atoms with Gasteiger partial charge in [-0.15, -0.1) is 0 Å². The Balaban J connectivity index is 2.02. The Hall–Kier alpha value is -1.39. The fraction of sp³-hybridized carbons (Fsp3) is 0.500. The quantitative estimate of drug-likeness (QED) is 0.832. The van der Waals surface area contributed by atoms with Gasteiger partial charge in [-0.05, 0) is 42.6 Å². The molecule has 4 N–H and O–H groups in total. The van der Waals surface area contributed by atoms with E-state index in [9.17, 15) is 4.79 Å². The predicted octanol–water partition coefficient (Wildman–Crippen LogP) is 0.956. The van der Waals surface area contributed by atoms with Crippen molar-refractivity contribution in [2.45, 2.75) is 19.9 Å². The Morgan fingerprint density at radius 1 is 1.50 bits per heavy atom. The summed E-state index contributed by atoms with van der Waals surface area (Å²) in [5, 5.41) is 0. The van der Waals surface area contributed by atoms with Crippen LogP contribution >= 0.6 is 0 Å². The largest absolute Gasteiger partial charge is 0.366 e. The third-order valence-electron chi connectivity index (χ3n) is 3.75. The zero-order chi connectivity index (χ0) is 13.2. The SMILES string of the molecule is CC1(CN)CCN(Cc2cccc(C(N)=O)c2)C1. The van der Waals surface area contributed by atoms with Crippen molar-refractivity contribution in [3.63, 3.8) is 0 Å². The summed E-state index contributed by atoms with van der Waals surface area (Å²) >= 11 is 0. The summed E-state index contributed by atoms with van der Waals surface area (Å²) in [6.07, 6.45) is 1.14. The van der Waals surface area contributed by atoms with Gasteiger partial charge in [0.05, 0.1) is 0 Å². The first-order chi connectivity index (χ1) is 8.52. The zero-order valence-electron chi connectivity index (χ0n) is 10.9. The van der Waals surface area contributed by atoms with Crippen LogP contribution in [0.5, 0.6) is 0 Å². The van der Waals surface area contributed by atoms with E-state index < -0.39 is 0 Å². The molecule has 4 heteroatoms. The monoisotopic (exact) mass is 247 g/mol. The lowest BCUT2D eigenvalue weighted by molar-refractivity contribution is 0.1000. The van der Waals surface area contributed by atoms with Crippen LogP contribution in [0.15, 0.2) is 24.3 Å². The minimum Gasteiger partial charge on any atom is -0.366 e. The van der Waals surface area contributed by atoms with Gasteiger partial charge in [-0.3, -0.25) is 9.69 Å². The maximum atomic E-state index is 11.1. The molecule has 1 aromatic rings. The standard InChI is InChI=1S/C14H21N3O/c1-14(9-15)5-6-17(10-14)8-11-3-2-4-12(7-11)13(16)18/h2-4,7H,5-6,8-10,15H2,1H3,(H2,16,18). The fourth-order valence-corrected chi connectivity index (χ4v) is 2.51. The highest BCUT2D eigenvalue weighted by atomic mass is 16.1. The first kappa shape index (κ1) is 13.1. The van der Waals surface area contributed by atoms with E-state index in [1.165, 1.54) is 0 Å². The number of hydrogen-bond donors (Lipinski definition) is 2. The Morgan fingerprint density at radius 3 is 2.89 bits per heavy atom. The molecule has 18 heavy (non-hydrogen) atoms. The predicted molar refractivity (Wildman–Crippen MR) is 72.0 cm³/mol. The Kier molecular flexibility index (Phi) is 3.68. The van der Waals surface area contributed by atoms with Crippen LogP contribution in [-0.2, 0) is 6.54 Å². The van der Waals surface area contributed by atoms with Crippen molar-refractivity contribution in [2.75, 3.05) is 19.6 Å². The Morgan fingerprint density at radius 2 is 2.28 bits per heavy atom. The topological polar surface area (TPSA) is 72.3 Å². The van der Waals surface area contributed by atoms with Crippen LogP contribution in [0.4, 0.5) is 0 Å². The molecule has 1 aliphatic rings. The van der Waals surface area contributed by atoms with Gasteiger partial charge in [0.1, 0.15) is 0 Å². The molecule has 1 saturated heterocycles. The van der Waals surface area contributed by atoms with Crippen LogP contribution in [0, 0.1) is 5.41 Å². The van der Waals surface area contributed by atoms with Crippen LogP contribution < -0.4 is 11.5 Å². The Labute approximate surface area is 108 Å². The number of likely N-dealkylation sites (tertiary alicyclic amines) is 1. The minimum atomic E-state index is -0.370. The molecular weight excluding hydrogens is 226 g/mol. The molecule has 1 unspecified atom stereocenters. The van der Waals surface area contributed by atoms with Crippen LogP contribution in [0.2, 0.25) is 0 Å². The van der Waals surface area contributed by atoms with E-state index in [1.54, 1.807) is 6.07 Å². The number of rotatable bonds is 4. The lowest BCUT2D eigenvalue weighted by Gasteiger charge is -2.22. The molecule has 0 saturated carbocycles. The summed E-state index contributed by atoms with van der Waals surface area (Å²) in [6, 6.07) is 7.54. The van der Waals surface area contributed by atoms with Gasteiger partial charge in [-0.2, -0.15) is 0 Å². The molecule has 98 valence electrons. The first-order valence-electron chi connectivity index (χ1n) is 6.34. The zero-order valence-corrected chi connectivity index (χ0v) is 10.9. The number of amides is 1. The van der Waals surface area contributed by atoms with Crippen LogP contribution in [0.25, 0.3) is 0 Å². The van der Waals surface area contributed by atoms with E-state index in [0.717, 1.165) is 38.2 Å². The second-order valence-electron chi connectivity index (χ2n) is 5.54. The molecule has 0 aliphatic carbocycles. The minimum absolute atomic E-state index is 0.237. The van der Waals surface area contributed by atoms with E-state index in [-0.39, 0.29) is 11.3 Å². The van der Waals surface area contributed by atoms with Gasteiger partial charge in [0.2, 0.25) is 5.91 Å². The van der Waals surface area contributed by atoms with Crippen molar-refractivity contribution in [1.82, 2.24) is 4.90 Å². The van der Waals surface area contributed by atoms with Gasteiger partial charge >= 0.3 is 0 Å². The van der Waals surface area contributed by atoms with Gasteiger partial charge in [0.15, 0.2) is 0 Å². The molecule has 1 heterocycles. The average molecular weight is 247 g/mol. The highest BCUT2D eigenvalue weighted by Gasteiger charge is 2.32. The number of hydrogen-bond acceptors (Lipinski definition) is 3. The summed E-state index contributed by atoms with van der Waals surface area (Å²) in [6.45, 7) is 5.90. The van der Waals surface area contributed by atoms with Crippen molar-refractivity contribution in [2.24, 2.45) is 16.9 Å². The van der Waals surface area contributed by atoms with Gasteiger partial charge in [-0.25, -0.2) is 0 Å². The molecule has 2 rings (SSSR count). The summed E-state index contributed by atoms with van der Waals surface area (Å²) < 4.78 is 0. The maximum Gasteiger partial charge on any atom is 0.248 e. The number of nitrogens with two attached hydrogens (primary N) is 2. The smallest absolute Gasteiger partial charge is 0.248 e. The lowest BCUT2D eigenvalue weighted by atomic mass is 9.90. The van der Waals surface area contributed by atoms with Crippen molar-refractivity contribution < 1.29 is 4.79 Å². The molecule has 1 aliphatic heterocycles. The molecule has 0 bridgehead atoms. The summed E-state index contributed by atoms with van der Waals surface area (Å²) in [4.78, 5) is 13.5. The van der Waals surface area contributed by atoms with E-state index in [0.29, 0.717) is 5.56 Å². The van der Waals surface area contributed by atoms with E-state index in [2.05, 4.69) is 11.8 Å². The molecule has 0 radical (unpaired) electrons. The van der Waals surface area contributed by atoms with E-state index in [1.807, 2.05) is 18.2 Å². The normalized spacial score (nSPS) is 24.3. The van der Waals surface area contributed by atoms with Crippen LogP contribution in [0.1, 0.15) is 29.3 Å². The molecule has 1 aromatic carbocycles. The molecule has 4 nitrogen and oxygen atoms in total. The third-order valence-corrected chi connectivity index (χ3v) is 3.75. The fourth-order valence-electron chi connectivity index (χ4n) is 2.51. The summed E-state index contributed by atoms with van der Waals surface area (Å²) in [5.41, 5.74) is 13.0. The lowest BCUT2D eigenvalue weighted by Crippen LogP contribution is -2.31. The first-order valence-corrected chi connectivity index (χ1v) is 6.34. The molecule has 0 aromatic heterocycles. The summed E-state index contributed by atoms with van der Waals surface area (Å²) in [5.74, 6) is -0.370. The van der Waals surface area contributed by atoms with E-state index >= 15 is 0 Å². The number of carbonyl (C=O) groups is 1. The van der Waals surface area contributed by atoms with Gasteiger partial charge < -0.3 is 11.5 Å². The second kappa shape index (κ2) is 5.08. The number of benzene rings is 1. The van der Waals surface area contributed by atoms with Gasteiger partial charge in [0.25, 0.3) is 0 Å². The third kappa shape index (κ3) is 2.89. The maximum absolute atomic E-state index is 11.1. The van der Waals surface area contributed by atoms with Gasteiger partial charge in [-0.1, -0.05) is 19.1 Å². The van der Waals surface area contributed by atoms with Gasteiger partial charge in [0, 0.05) is 18.7 Å². The number of primary amides is 1. The van der Waals surface area contributed by atoms with Crippen LogP contribution in [-0.4, -0.2) is 30.4 Å². The van der Waals surface area contributed by atoms with Crippen molar-refractivity contribution in [3.8, 4) is 0 Å². The molecule has 0 spiro atoms. The number of carbonyl (C=O) groups excluding carboxylic acids is 1. The molecule has 1 fully saturated rings. The molecule has 1 amide bonds. The highest BCUT2D eigenvalue weighted by Crippen LogP contribution is 2.29. The second-order valence-corrected chi connectivity index (χ2v) is 5.54. The summed E-state index contributed by atoms with van der Waals surface area (Å²) in [7, 11) is 0. The molecular formula is C14H21N3O.